The van der Waals surface area contributed by atoms with E-state index in [4.69, 9.17) is 9.84 Å². The molecule has 22 heavy (non-hydrogen) atoms. The Hall–Kier alpha value is -1.44. The molecular formula is C15H21NO5S. The number of hydrogen-bond donors (Lipinski definition) is 1. The largest absolute Gasteiger partial charge is 0.481 e. The van der Waals surface area contributed by atoms with Crippen molar-refractivity contribution in [1.82, 2.24) is 4.31 Å². The van der Waals surface area contributed by atoms with E-state index in [-0.39, 0.29) is 11.3 Å². The monoisotopic (exact) mass is 327 g/mol. The van der Waals surface area contributed by atoms with Gasteiger partial charge in [0.05, 0.1) is 17.9 Å². The summed E-state index contributed by atoms with van der Waals surface area (Å²) in [6.07, 6.45) is 2.04. The number of nitrogens with zero attached hydrogens (tertiary/aromatic N) is 1. The van der Waals surface area contributed by atoms with Crippen LogP contribution >= 0.6 is 0 Å². The van der Waals surface area contributed by atoms with Crippen molar-refractivity contribution in [2.24, 2.45) is 0 Å². The van der Waals surface area contributed by atoms with Crippen LogP contribution in [0.1, 0.15) is 31.2 Å². The van der Waals surface area contributed by atoms with Gasteiger partial charge in [0, 0.05) is 19.7 Å². The molecule has 1 aliphatic rings. The van der Waals surface area contributed by atoms with E-state index in [1.807, 2.05) is 0 Å². The summed E-state index contributed by atoms with van der Waals surface area (Å²) in [6, 6.07) is 6.14. The van der Waals surface area contributed by atoms with Gasteiger partial charge in [0.25, 0.3) is 0 Å². The first kappa shape index (κ1) is 16.9. The van der Waals surface area contributed by atoms with Gasteiger partial charge in [-0.1, -0.05) is 18.6 Å². The summed E-state index contributed by atoms with van der Waals surface area (Å²) in [5.74, 6) is -0.972. The van der Waals surface area contributed by atoms with Crippen molar-refractivity contribution in [3.63, 3.8) is 0 Å². The first-order valence-corrected chi connectivity index (χ1v) is 8.70. The Bertz CT molecular complexity index is 629. The summed E-state index contributed by atoms with van der Waals surface area (Å²) in [7, 11) is -2.13. The highest BCUT2D eigenvalue weighted by Crippen LogP contribution is 2.27. The molecule has 0 radical (unpaired) electrons. The van der Waals surface area contributed by atoms with Gasteiger partial charge in [0.2, 0.25) is 10.0 Å². The molecule has 6 nitrogen and oxygen atoms in total. The molecule has 1 heterocycles. The van der Waals surface area contributed by atoms with Crippen molar-refractivity contribution >= 4 is 16.0 Å². The molecule has 0 spiro atoms. The lowest BCUT2D eigenvalue weighted by Gasteiger charge is -2.33. The zero-order valence-electron chi connectivity index (χ0n) is 12.6. The summed E-state index contributed by atoms with van der Waals surface area (Å²) < 4.78 is 32.0. The SMILES string of the molecule is COCc1cccc(S(=O)(=O)N2CCCCC2CC(=O)O)c1. The summed E-state index contributed by atoms with van der Waals surface area (Å²) in [6.45, 7) is 0.705. The van der Waals surface area contributed by atoms with E-state index in [0.717, 1.165) is 18.4 Å². The van der Waals surface area contributed by atoms with Crippen molar-refractivity contribution in [2.45, 2.75) is 43.2 Å². The van der Waals surface area contributed by atoms with E-state index in [1.165, 1.54) is 4.31 Å². The number of rotatable bonds is 6. The molecule has 2 rings (SSSR count). The number of aliphatic carboxylic acids is 1. The van der Waals surface area contributed by atoms with Crippen LogP contribution in [0.5, 0.6) is 0 Å². The molecule has 1 unspecified atom stereocenters. The van der Waals surface area contributed by atoms with Gasteiger partial charge in [-0.15, -0.1) is 0 Å². The molecule has 1 fully saturated rings. The quantitative estimate of drug-likeness (QED) is 0.862. The maximum atomic E-state index is 12.8. The fourth-order valence-corrected chi connectivity index (χ4v) is 4.56. The van der Waals surface area contributed by atoms with Crippen LogP contribution in [0.3, 0.4) is 0 Å². The second-order valence-corrected chi connectivity index (χ2v) is 7.33. The Morgan fingerprint density at radius 3 is 2.86 bits per heavy atom. The number of carboxylic acid groups (broad SMARTS) is 1. The topological polar surface area (TPSA) is 83.9 Å². The predicted octanol–water partition coefficient (Wildman–Crippen LogP) is 1.85. The van der Waals surface area contributed by atoms with E-state index in [9.17, 15) is 13.2 Å². The number of hydrogen-bond acceptors (Lipinski definition) is 4. The number of carbonyl (C=O) groups is 1. The highest BCUT2D eigenvalue weighted by Gasteiger charge is 2.34. The third-order valence-corrected chi connectivity index (χ3v) is 5.75. The average molecular weight is 327 g/mol. The fourth-order valence-electron chi connectivity index (χ4n) is 2.79. The van der Waals surface area contributed by atoms with Gasteiger partial charge in [-0.3, -0.25) is 4.79 Å². The number of methoxy groups -OCH3 is 1. The summed E-state index contributed by atoms with van der Waals surface area (Å²) in [5.41, 5.74) is 0.773. The van der Waals surface area contributed by atoms with Crippen molar-refractivity contribution in [3.05, 3.63) is 29.8 Å². The highest BCUT2D eigenvalue weighted by molar-refractivity contribution is 7.89. The predicted molar refractivity (Wildman–Crippen MR) is 80.9 cm³/mol. The van der Waals surface area contributed by atoms with Crippen LogP contribution in [0, 0.1) is 0 Å². The second-order valence-electron chi connectivity index (χ2n) is 5.44. The van der Waals surface area contributed by atoms with Gasteiger partial charge < -0.3 is 9.84 Å². The Kier molecular flexibility index (Phi) is 5.55. The second kappa shape index (κ2) is 7.21. The Morgan fingerprint density at radius 1 is 1.41 bits per heavy atom. The molecule has 0 aliphatic carbocycles. The molecule has 1 atom stereocenters. The lowest BCUT2D eigenvalue weighted by molar-refractivity contribution is -0.138. The first-order chi connectivity index (χ1) is 10.4. The van der Waals surface area contributed by atoms with Gasteiger partial charge in [-0.2, -0.15) is 4.31 Å². The minimum absolute atomic E-state index is 0.156. The number of benzene rings is 1. The van der Waals surface area contributed by atoms with Crippen LogP contribution in [-0.4, -0.2) is 43.5 Å². The maximum Gasteiger partial charge on any atom is 0.304 e. The third kappa shape index (κ3) is 3.85. The average Bonchev–Trinajstić information content (AvgIpc) is 2.48. The molecule has 0 amide bonds. The summed E-state index contributed by atoms with van der Waals surface area (Å²) in [4.78, 5) is 11.2. The number of carboxylic acids is 1. The molecule has 7 heteroatoms. The lowest BCUT2D eigenvalue weighted by atomic mass is 10.0. The molecule has 1 aliphatic heterocycles. The van der Waals surface area contributed by atoms with Crippen LogP contribution in [0.2, 0.25) is 0 Å². The molecule has 0 bridgehead atoms. The molecular weight excluding hydrogens is 306 g/mol. The van der Waals surface area contributed by atoms with Crippen LogP contribution in [-0.2, 0) is 26.2 Å². The van der Waals surface area contributed by atoms with Crippen molar-refractivity contribution < 1.29 is 23.1 Å². The minimum Gasteiger partial charge on any atom is -0.481 e. The Labute approximate surface area is 130 Å². The Morgan fingerprint density at radius 2 is 2.18 bits per heavy atom. The van der Waals surface area contributed by atoms with E-state index < -0.39 is 22.0 Å². The van der Waals surface area contributed by atoms with Crippen LogP contribution in [0.15, 0.2) is 29.2 Å². The maximum absolute atomic E-state index is 12.8. The van der Waals surface area contributed by atoms with E-state index in [2.05, 4.69) is 0 Å². The molecule has 1 N–H and O–H groups in total. The van der Waals surface area contributed by atoms with Crippen LogP contribution in [0.25, 0.3) is 0 Å². The van der Waals surface area contributed by atoms with Crippen molar-refractivity contribution in [2.75, 3.05) is 13.7 Å². The lowest BCUT2D eigenvalue weighted by Crippen LogP contribution is -2.44. The number of piperidine rings is 1. The first-order valence-electron chi connectivity index (χ1n) is 7.26. The van der Waals surface area contributed by atoms with Crippen LogP contribution in [0.4, 0.5) is 0 Å². The fraction of sp³-hybridized carbons (Fsp3) is 0.533. The number of sulfonamides is 1. The van der Waals surface area contributed by atoms with Gasteiger partial charge in [-0.05, 0) is 30.5 Å². The van der Waals surface area contributed by atoms with Gasteiger partial charge in [0.15, 0.2) is 0 Å². The Balaban J connectivity index is 2.30. The van der Waals surface area contributed by atoms with Gasteiger partial charge >= 0.3 is 5.97 Å². The van der Waals surface area contributed by atoms with E-state index in [0.29, 0.717) is 19.6 Å². The molecule has 1 saturated heterocycles. The number of ether oxygens (including phenoxy) is 1. The van der Waals surface area contributed by atoms with E-state index in [1.54, 1.807) is 31.4 Å². The summed E-state index contributed by atoms with van der Waals surface area (Å²) >= 11 is 0. The van der Waals surface area contributed by atoms with E-state index >= 15 is 0 Å². The standard InChI is InChI=1S/C15H21NO5S/c1-21-11-12-5-4-7-14(9-12)22(19,20)16-8-3-2-6-13(16)10-15(17)18/h4-5,7,9,13H,2-3,6,8,10-11H2,1H3,(H,17,18). The molecule has 0 aromatic heterocycles. The molecule has 122 valence electrons. The molecule has 0 saturated carbocycles. The summed E-state index contributed by atoms with van der Waals surface area (Å²) in [5, 5.41) is 9.00. The van der Waals surface area contributed by atoms with Crippen LogP contribution < -0.4 is 0 Å². The normalized spacial score (nSPS) is 20.0. The minimum atomic E-state index is -3.68. The zero-order valence-corrected chi connectivity index (χ0v) is 13.4. The third-order valence-electron chi connectivity index (χ3n) is 3.80. The molecule has 1 aromatic rings. The van der Waals surface area contributed by atoms with Gasteiger partial charge in [-0.25, -0.2) is 8.42 Å². The molecule has 1 aromatic carbocycles. The highest BCUT2D eigenvalue weighted by atomic mass is 32.2. The van der Waals surface area contributed by atoms with Gasteiger partial charge in [0.1, 0.15) is 0 Å². The zero-order chi connectivity index (χ0) is 16.2. The van der Waals surface area contributed by atoms with Crippen molar-refractivity contribution in [3.8, 4) is 0 Å². The smallest absolute Gasteiger partial charge is 0.304 e. The van der Waals surface area contributed by atoms with Crippen molar-refractivity contribution in [1.29, 1.82) is 0 Å².